The molecule has 17 heavy (non-hydrogen) atoms. The molecule has 0 saturated heterocycles. The number of ether oxygens (including phenoxy) is 1. The van der Waals surface area contributed by atoms with Crippen molar-refractivity contribution in [3.8, 4) is 5.75 Å². The maximum absolute atomic E-state index is 6.00. The van der Waals surface area contributed by atoms with Crippen LogP contribution >= 0.6 is 0 Å². The zero-order valence-electron chi connectivity index (χ0n) is 11.0. The molecule has 1 saturated carbocycles. The Bertz CT molecular complexity index is 383. The van der Waals surface area contributed by atoms with E-state index >= 15 is 0 Å². The van der Waals surface area contributed by atoms with E-state index in [1.807, 2.05) is 0 Å². The standard InChI is InChI=1S/C15H23NO/c1-11-8-12(2)15(17-10-13-5-6-13)14(9-11)4-3-7-16/h8-9,13H,3-7,10,16H2,1-2H3. The summed E-state index contributed by atoms with van der Waals surface area (Å²) in [5.74, 6) is 1.91. The predicted octanol–water partition coefficient (Wildman–Crippen LogP) is 2.98. The van der Waals surface area contributed by atoms with E-state index in [4.69, 9.17) is 10.5 Å². The van der Waals surface area contributed by atoms with Crippen molar-refractivity contribution in [2.75, 3.05) is 13.2 Å². The highest BCUT2D eigenvalue weighted by Crippen LogP contribution is 2.32. The molecule has 1 fully saturated rings. The Hall–Kier alpha value is -1.02. The van der Waals surface area contributed by atoms with Crippen LogP contribution in [0.2, 0.25) is 0 Å². The van der Waals surface area contributed by atoms with Crippen LogP contribution in [0.15, 0.2) is 12.1 Å². The van der Waals surface area contributed by atoms with Gasteiger partial charge in [0.25, 0.3) is 0 Å². The molecular weight excluding hydrogens is 210 g/mol. The second-order valence-electron chi connectivity index (χ2n) is 5.22. The Morgan fingerprint density at radius 1 is 1.29 bits per heavy atom. The van der Waals surface area contributed by atoms with Gasteiger partial charge >= 0.3 is 0 Å². The number of hydrogen-bond acceptors (Lipinski definition) is 2. The summed E-state index contributed by atoms with van der Waals surface area (Å²) in [6.45, 7) is 5.92. The van der Waals surface area contributed by atoms with E-state index in [9.17, 15) is 0 Å². The Labute approximate surface area is 104 Å². The van der Waals surface area contributed by atoms with E-state index < -0.39 is 0 Å². The lowest BCUT2D eigenvalue weighted by molar-refractivity contribution is 0.294. The van der Waals surface area contributed by atoms with E-state index in [2.05, 4.69) is 26.0 Å². The fraction of sp³-hybridized carbons (Fsp3) is 0.600. The summed E-state index contributed by atoms with van der Waals surface area (Å²) in [6, 6.07) is 4.44. The van der Waals surface area contributed by atoms with Crippen LogP contribution in [-0.4, -0.2) is 13.2 Å². The second-order valence-corrected chi connectivity index (χ2v) is 5.22. The summed E-state index contributed by atoms with van der Waals surface area (Å²) in [5, 5.41) is 0. The molecule has 2 rings (SSSR count). The van der Waals surface area contributed by atoms with Crippen LogP contribution in [0.1, 0.15) is 36.0 Å². The topological polar surface area (TPSA) is 35.2 Å². The molecule has 0 radical (unpaired) electrons. The molecule has 0 amide bonds. The van der Waals surface area contributed by atoms with E-state index in [1.54, 1.807) is 0 Å². The van der Waals surface area contributed by atoms with Crippen molar-refractivity contribution in [2.45, 2.75) is 39.5 Å². The summed E-state index contributed by atoms with van der Waals surface area (Å²) >= 11 is 0. The van der Waals surface area contributed by atoms with Gasteiger partial charge in [0.15, 0.2) is 0 Å². The highest BCUT2D eigenvalue weighted by atomic mass is 16.5. The van der Waals surface area contributed by atoms with Crippen molar-refractivity contribution in [1.82, 2.24) is 0 Å². The van der Waals surface area contributed by atoms with Crippen LogP contribution in [-0.2, 0) is 6.42 Å². The molecule has 0 heterocycles. The molecule has 0 aliphatic heterocycles. The minimum atomic E-state index is 0.745. The maximum Gasteiger partial charge on any atom is 0.125 e. The first-order valence-corrected chi connectivity index (χ1v) is 6.63. The minimum Gasteiger partial charge on any atom is -0.493 e. The zero-order valence-corrected chi connectivity index (χ0v) is 11.0. The number of rotatable bonds is 6. The fourth-order valence-corrected chi connectivity index (χ4v) is 2.21. The smallest absolute Gasteiger partial charge is 0.125 e. The summed E-state index contributed by atoms with van der Waals surface area (Å²) in [4.78, 5) is 0. The molecule has 0 unspecified atom stereocenters. The SMILES string of the molecule is Cc1cc(C)c(OCC2CC2)c(CCCN)c1. The Morgan fingerprint density at radius 3 is 2.71 bits per heavy atom. The monoisotopic (exact) mass is 233 g/mol. The summed E-state index contributed by atoms with van der Waals surface area (Å²) < 4.78 is 6.00. The molecule has 0 aromatic heterocycles. The van der Waals surface area contributed by atoms with Gasteiger partial charge in [-0.15, -0.1) is 0 Å². The fourth-order valence-electron chi connectivity index (χ4n) is 2.21. The first-order chi connectivity index (χ1) is 8.20. The van der Waals surface area contributed by atoms with Gasteiger partial charge in [-0.1, -0.05) is 17.7 Å². The lowest BCUT2D eigenvalue weighted by Gasteiger charge is -2.15. The van der Waals surface area contributed by atoms with Gasteiger partial charge < -0.3 is 10.5 Å². The second kappa shape index (κ2) is 5.54. The van der Waals surface area contributed by atoms with Crippen LogP contribution in [0.25, 0.3) is 0 Å². The van der Waals surface area contributed by atoms with E-state index in [1.165, 1.54) is 29.5 Å². The average molecular weight is 233 g/mol. The Balaban J connectivity index is 2.12. The van der Waals surface area contributed by atoms with Crippen molar-refractivity contribution in [3.63, 3.8) is 0 Å². The predicted molar refractivity (Wildman–Crippen MR) is 71.5 cm³/mol. The van der Waals surface area contributed by atoms with Gasteiger partial charge in [0.2, 0.25) is 0 Å². The number of aryl methyl sites for hydroxylation is 3. The summed E-state index contributed by atoms with van der Waals surface area (Å²) in [5.41, 5.74) is 9.50. The van der Waals surface area contributed by atoms with Crippen molar-refractivity contribution in [1.29, 1.82) is 0 Å². The average Bonchev–Trinajstić information content (AvgIpc) is 3.08. The molecule has 1 aliphatic rings. The molecule has 94 valence electrons. The van der Waals surface area contributed by atoms with Crippen molar-refractivity contribution in [2.24, 2.45) is 11.7 Å². The van der Waals surface area contributed by atoms with Gasteiger partial charge in [-0.3, -0.25) is 0 Å². The van der Waals surface area contributed by atoms with Crippen LogP contribution < -0.4 is 10.5 Å². The largest absolute Gasteiger partial charge is 0.493 e. The normalized spacial score (nSPS) is 15.0. The first kappa shape index (κ1) is 12.4. The number of benzene rings is 1. The van der Waals surface area contributed by atoms with Crippen LogP contribution in [0.5, 0.6) is 5.75 Å². The summed E-state index contributed by atoms with van der Waals surface area (Å²) in [7, 11) is 0. The van der Waals surface area contributed by atoms with Gasteiger partial charge in [-0.05, 0) is 63.1 Å². The van der Waals surface area contributed by atoms with Crippen LogP contribution in [0.3, 0.4) is 0 Å². The van der Waals surface area contributed by atoms with Crippen LogP contribution in [0, 0.1) is 19.8 Å². The third kappa shape index (κ3) is 3.47. The maximum atomic E-state index is 6.00. The molecule has 2 N–H and O–H groups in total. The molecular formula is C15H23NO. The highest BCUT2D eigenvalue weighted by Gasteiger charge is 2.22. The van der Waals surface area contributed by atoms with Gasteiger partial charge in [0.05, 0.1) is 6.61 Å². The van der Waals surface area contributed by atoms with Crippen LogP contribution in [0.4, 0.5) is 0 Å². The van der Waals surface area contributed by atoms with E-state index in [0.29, 0.717) is 0 Å². The molecule has 2 nitrogen and oxygen atoms in total. The van der Waals surface area contributed by atoms with Crippen molar-refractivity contribution < 1.29 is 4.74 Å². The van der Waals surface area contributed by atoms with Crippen molar-refractivity contribution in [3.05, 3.63) is 28.8 Å². The molecule has 1 aromatic rings. The summed E-state index contributed by atoms with van der Waals surface area (Å²) in [6.07, 6.45) is 4.73. The molecule has 0 bridgehead atoms. The molecule has 0 atom stereocenters. The Kier molecular flexibility index (Phi) is 4.06. The molecule has 1 aromatic carbocycles. The van der Waals surface area contributed by atoms with Gasteiger partial charge in [0, 0.05) is 0 Å². The lowest BCUT2D eigenvalue weighted by atomic mass is 10.0. The first-order valence-electron chi connectivity index (χ1n) is 6.63. The van der Waals surface area contributed by atoms with Gasteiger partial charge in [-0.25, -0.2) is 0 Å². The third-order valence-corrected chi connectivity index (χ3v) is 3.31. The van der Waals surface area contributed by atoms with E-state index in [0.717, 1.165) is 37.7 Å². The molecule has 1 aliphatic carbocycles. The number of nitrogens with two attached hydrogens (primary N) is 1. The lowest BCUT2D eigenvalue weighted by Crippen LogP contribution is -2.06. The van der Waals surface area contributed by atoms with Gasteiger partial charge in [0.1, 0.15) is 5.75 Å². The minimum absolute atomic E-state index is 0.745. The third-order valence-electron chi connectivity index (χ3n) is 3.31. The molecule has 2 heteroatoms. The van der Waals surface area contributed by atoms with Gasteiger partial charge in [-0.2, -0.15) is 0 Å². The number of hydrogen-bond donors (Lipinski definition) is 1. The van der Waals surface area contributed by atoms with E-state index in [-0.39, 0.29) is 0 Å². The zero-order chi connectivity index (χ0) is 12.3. The Morgan fingerprint density at radius 2 is 2.06 bits per heavy atom. The highest BCUT2D eigenvalue weighted by molar-refractivity contribution is 5.44. The quantitative estimate of drug-likeness (QED) is 0.820. The molecule has 0 spiro atoms. The van der Waals surface area contributed by atoms with Crippen molar-refractivity contribution >= 4 is 0 Å².